The van der Waals surface area contributed by atoms with Crippen LogP contribution in [-0.2, 0) is 9.59 Å². The highest BCUT2D eigenvalue weighted by Crippen LogP contribution is 2.20. The highest BCUT2D eigenvalue weighted by Gasteiger charge is 2.09. The second-order valence-electron chi connectivity index (χ2n) is 5.84. The Labute approximate surface area is 155 Å². The number of rotatable bonds is 6. The lowest BCUT2D eigenvalue weighted by molar-refractivity contribution is -0.125. The van der Waals surface area contributed by atoms with E-state index in [9.17, 15) is 9.59 Å². The molecule has 0 aromatic heterocycles. The molecule has 2 aromatic rings. The van der Waals surface area contributed by atoms with E-state index in [4.69, 9.17) is 4.74 Å². The molecule has 0 atom stereocenters. The first-order valence-electron chi connectivity index (χ1n) is 7.88. The Morgan fingerprint density at radius 2 is 1.76 bits per heavy atom. The van der Waals surface area contributed by atoms with E-state index in [2.05, 4.69) is 26.6 Å². The number of hydrogen-bond donors (Lipinski definition) is 2. The highest BCUT2D eigenvalue weighted by atomic mass is 79.9. The van der Waals surface area contributed by atoms with Crippen LogP contribution in [0.2, 0.25) is 0 Å². The van der Waals surface area contributed by atoms with E-state index in [0.717, 1.165) is 21.2 Å². The van der Waals surface area contributed by atoms with Gasteiger partial charge in [0.1, 0.15) is 5.75 Å². The molecule has 2 amide bonds. The van der Waals surface area contributed by atoms with E-state index in [-0.39, 0.29) is 25.0 Å². The fourth-order valence-electron chi connectivity index (χ4n) is 2.30. The number of anilines is 1. The van der Waals surface area contributed by atoms with Gasteiger partial charge in [0.2, 0.25) is 5.91 Å². The minimum Gasteiger partial charge on any atom is -0.484 e. The van der Waals surface area contributed by atoms with Crippen molar-refractivity contribution in [2.45, 2.75) is 20.8 Å². The summed E-state index contributed by atoms with van der Waals surface area (Å²) in [5, 5.41) is 5.32. The third-order valence-electron chi connectivity index (χ3n) is 3.60. The monoisotopic (exact) mass is 404 g/mol. The summed E-state index contributed by atoms with van der Waals surface area (Å²) in [5.74, 6) is 0.0311. The molecule has 5 nitrogen and oxygen atoms in total. The Morgan fingerprint density at radius 3 is 2.44 bits per heavy atom. The van der Waals surface area contributed by atoms with Gasteiger partial charge >= 0.3 is 0 Å². The van der Waals surface area contributed by atoms with Crippen molar-refractivity contribution in [2.75, 3.05) is 18.5 Å². The van der Waals surface area contributed by atoms with Crippen LogP contribution in [0.25, 0.3) is 0 Å². The van der Waals surface area contributed by atoms with Crippen LogP contribution in [0.5, 0.6) is 5.75 Å². The number of carbonyl (C=O) groups excluding carboxylic acids is 2. The molecule has 2 aromatic carbocycles. The summed E-state index contributed by atoms with van der Waals surface area (Å²) in [6.45, 7) is 5.58. The molecule has 0 fully saturated rings. The number of hydrogen-bond acceptors (Lipinski definition) is 3. The van der Waals surface area contributed by atoms with Gasteiger partial charge in [0.25, 0.3) is 5.91 Å². The Balaban J connectivity index is 1.78. The quantitative estimate of drug-likeness (QED) is 0.773. The second-order valence-corrected chi connectivity index (χ2v) is 6.76. The van der Waals surface area contributed by atoms with Crippen LogP contribution in [0.1, 0.15) is 16.7 Å². The number of aryl methyl sites for hydroxylation is 3. The van der Waals surface area contributed by atoms with Gasteiger partial charge in [-0.15, -0.1) is 0 Å². The van der Waals surface area contributed by atoms with Crippen molar-refractivity contribution in [3.63, 3.8) is 0 Å². The maximum atomic E-state index is 11.9. The SMILES string of the molecule is Cc1ccc(OCC(=O)NCC(=O)Nc2ccc(Br)cc2C)c(C)c1. The molecule has 2 rings (SSSR count). The topological polar surface area (TPSA) is 67.4 Å². The minimum absolute atomic E-state index is 0.107. The number of ether oxygens (including phenoxy) is 1. The number of benzene rings is 2. The molecule has 25 heavy (non-hydrogen) atoms. The molecule has 0 unspecified atom stereocenters. The summed E-state index contributed by atoms with van der Waals surface area (Å²) in [5.41, 5.74) is 3.76. The van der Waals surface area contributed by atoms with Crippen LogP contribution in [-0.4, -0.2) is 25.0 Å². The number of carbonyl (C=O) groups is 2. The second kappa shape index (κ2) is 8.67. The summed E-state index contributed by atoms with van der Waals surface area (Å²) in [7, 11) is 0. The Hall–Kier alpha value is -2.34. The smallest absolute Gasteiger partial charge is 0.258 e. The van der Waals surface area contributed by atoms with E-state index in [1.807, 2.05) is 57.2 Å². The van der Waals surface area contributed by atoms with Crippen molar-refractivity contribution >= 4 is 33.4 Å². The number of nitrogens with one attached hydrogen (secondary N) is 2. The molecular weight excluding hydrogens is 384 g/mol. The van der Waals surface area contributed by atoms with Crippen molar-refractivity contribution in [2.24, 2.45) is 0 Å². The van der Waals surface area contributed by atoms with Gasteiger partial charge in [-0.2, -0.15) is 0 Å². The first kappa shape index (κ1) is 19.0. The van der Waals surface area contributed by atoms with Crippen LogP contribution < -0.4 is 15.4 Å². The largest absolute Gasteiger partial charge is 0.484 e. The van der Waals surface area contributed by atoms with E-state index < -0.39 is 0 Å². The molecule has 6 heteroatoms. The third kappa shape index (κ3) is 5.90. The van der Waals surface area contributed by atoms with Gasteiger partial charge in [0.15, 0.2) is 6.61 Å². The first-order chi connectivity index (χ1) is 11.8. The molecule has 0 bridgehead atoms. The van der Waals surface area contributed by atoms with E-state index in [1.54, 1.807) is 0 Å². The first-order valence-corrected chi connectivity index (χ1v) is 8.67. The van der Waals surface area contributed by atoms with Gasteiger partial charge in [-0.25, -0.2) is 0 Å². The zero-order valence-electron chi connectivity index (χ0n) is 14.5. The van der Waals surface area contributed by atoms with E-state index in [1.165, 1.54) is 0 Å². The predicted octanol–water partition coefficient (Wildman–Crippen LogP) is 3.51. The molecule has 0 saturated heterocycles. The van der Waals surface area contributed by atoms with Gasteiger partial charge in [-0.05, 0) is 56.2 Å². The Kier molecular flexibility index (Phi) is 6.58. The summed E-state index contributed by atoms with van der Waals surface area (Å²) >= 11 is 3.37. The molecule has 0 spiro atoms. The van der Waals surface area contributed by atoms with Crippen molar-refractivity contribution in [1.29, 1.82) is 0 Å². The highest BCUT2D eigenvalue weighted by molar-refractivity contribution is 9.10. The van der Waals surface area contributed by atoms with E-state index in [0.29, 0.717) is 11.4 Å². The molecule has 132 valence electrons. The van der Waals surface area contributed by atoms with Crippen LogP contribution in [0.4, 0.5) is 5.69 Å². The minimum atomic E-state index is -0.345. The van der Waals surface area contributed by atoms with Crippen LogP contribution in [0.15, 0.2) is 40.9 Å². The van der Waals surface area contributed by atoms with Crippen LogP contribution in [0, 0.1) is 20.8 Å². The molecule has 2 N–H and O–H groups in total. The van der Waals surface area contributed by atoms with E-state index >= 15 is 0 Å². The Bertz CT molecular complexity index is 790. The lowest BCUT2D eigenvalue weighted by Gasteiger charge is -2.11. The van der Waals surface area contributed by atoms with Gasteiger partial charge < -0.3 is 15.4 Å². The lowest BCUT2D eigenvalue weighted by atomic mass is 10.1. The van der Waals surface area contributed by atoms with Gasteiger partial charge in [0.05, 0.1) is 6.54 Å². The average molecular weight is 405 g/mol. The zero-order chi connectivity index (χ0) is 18.4. The summed E-state index contributed by atoms with van der Waals surface area (Å²) in [6, 6.07) is 11.3. The fraction of sp³-hybridized carbons (Fsp3) is 0.263. The molecular formula is C19H21BrN2O3. The molecule has 0 aliphatic carbocycles. The normalized spacial score (nSPS) is 10.2. The average Bonchev–Trinajstić information content (AvgIpc) is 2.55. The van der Waals surface area contributed by atoms with Crippen LogP contribution in [0.3, 0.4) is 0 Å². The van der Waals surface area contributed by atoms with Crippen molar-refractivity contribution in [1.82, 2.24) is 5.32 Å². The van der Waals surface area contributed by atoms with Crippen molar-refractivity contribution in [3.05, 3.63) is 57.6 Å². The van der Waals surface area contributed by atoms with Crippen molar-refractivity contribution < 1.29 is 14.3 Å². The maximum absolute atomic E-state index is 11.9. The molecule has 0 aliphatic heterocycles. The molecule has 0 saturated carbocycles. The lowest BCUT2D eigenvalue weighted by Crippen LogP contribution is -2.35. The standard InChI is InChI=1S/C19H21BrN2O3/c1-12-4-7-17(14(3)8-12)25-11-19(24)21-10-18(23)22-16-6-5-15(20)9-13(16)2/h4-9H,10-11H2,1-3H3,(H,21,24)(H,22,23). The maximum Gasteiger partial charge on any atom is 0.258 e. The fourth-order valence-corrected chi connectivity index (χ4v) is 2.77. The summed E-state index contributed by atoms with van der Waals surface area (Å²) < 4.78 is 6.43. The summed E-state index contributed by atoms with van der Waals surface area (Å²) in [4.78, 5) is 23.8. The van der Waals surface area contributed by atoms with Gasteiger partial charge in [0, 0.05) is 10.2 Å². The van der Waals surface area contributed by atoms with Gasteiger partial charge in [-0.3, -0.25) is 9.59 Å². The number of amides is 2. The molecule has 0 radical (unpaired) electrons. The zero-order valence-corrected chi connectivity index (χ0v) is 16.1. The van der Waals surface area contributed by atoms with Crippen molar-refractivity contribution in [3.8, 4) is 5.75 Å². The summed E-state index contributed by atoms with van der Waals surface area (Å²) in [6.07, 6.45) is 0. The molecule has 0 heterocycles. The van der Waals surface area contributed by atoms with Gasteiger partial charge in [-0.1, -0.05) is 33.6 Å². The Morgan fingerprint density at radius 1 is 1.00 bits per heavy atom. The third-order valence-corrected chi connectivity index (χ3v) is 4.09. The van der Waals surface area contributed by atoms with Crippen LogP contribution >= 0.6 is 15.9 Å². The molecule has 0 aliphatic rings. The number of halogens is 1. The predicted molar refractivity (Wildman–Crippen MR) is 102 cm³/mol.